The molecule has 9 rings (SSSR count). The zero-order valence-corrected chi connectivity index (χ0v) is 82.0. The number of alkyl halides is 3. The van der Waals surface area contributed by atoms with Crippen LogP contribution in [0.15, 0.2) is 184 Å². The van der Waals surface area contributed by atoms with Crippen molar-refractivity contribution in [1.29, 1.82) is 0 Å². The first kappa shape index (κ1) is 121. The molecule has 685 valence electrons. The Kier molecular flexibility index (Phi) is 60.7. The maximum Gasteiger partial charge on any atom is 1.00 e. The number of benzene rings is 5. The summed E-state index contributed by atoms with van der Waals surface area (Å²) in [5.41, 5.74) is 12.6. The van der Waals surface area contributed by atoms with E-state index in [1.165, 1.54) is 140 Å². The van der Waals surface area contributed by atoms with E-state index < -0.39 is 58.7 Å². The van der Waals surface area contributed by atoms with Crippen molar-refractivity contribution in [2.45, 2.75) is 130 Å². The average molecular weight is 1980 g/mol. The van der Waals surface area contributed by atoms with Crippen LogP contribution in [0.4, 0.5) is 27.5 Å². The molecule has 5 aromatic rings. The number of piperidine rings is 1. The van der Waals surface area contributed by atoms with Crippen molar-refractivity contribution in [3.05, 3.63) is 213 Å². The molecule has 4 amide bonds. The van der Waals surface area contributed by atoms with Crippen LogP contribution in [0.2, 0.25) is 0 Å². The van der Waals surface area contributed by atoms with E-state index in [-0.39, 0.29) is 95.5 Å². The van der Waals surface area contributed by atoms with Crippen LogP contribution in [0.1, 0.15) is 147 Å². The number of β-amino-alcohol motifs (C(OH)–C–C–N with tert-alkyl or cyclic N) is 2. The van der Waals surface area contributed by atoms with Crippen LogP contribution in [0.3, 0.4) is 0 Å². The van der Waals surface area contributed by atoms with E-state index in [1.807, 2.05) is 68.4 Å². The molecule has 33 nitrogen and oxygen atoms in total. The van der Waals surface area contributed by atoms with Gasteiger partial charge in [-0.25, -0.2) is 43.2 Å². The standard InChI is InChI=1S/C17H26N2O2.C13H15NO5.C13H13NO3.C12H13NO5.C8H9NO2.3C6H9BrO2.C6H10O2.BHNS.Na.H2O/c1-17(2,3)21-16(20)19-12-13-5-4-6-15(11-13)14-7-9-18-10-8-14;1-13(18)7-14(11(16)10(13)15)9-5-3-4-8(6-9)12(17)19-2;1-9-6-12(15)14(8-9)11-5-3-4-10(7-11)13(16)17-2;1-12(18)6-13(10(15)9(12)14)8-4-2-3-7(5-8)11(16)17;1-11-8(10)6-3-2-4-7(9)5-6;3*1-5(4-7)3-6(8)9-2;1-5(2)4-6(7)8-3;1-2-3;;/h4-6,11,14,18H,7-10,12H2,1-3H3,(H,19,20);3-6,10,15,18H,7H2,1-2H3;3-7H,8H2,1-2H3;2-5,9,14,18H,6H2,1H3,(H,16,17);2-5H,9H2,1H3;3*3H,4H2,1-2H3;4H,1-3H3;3H;;1H2/q;;;;;;;;;;+1;/p-1/b;;;;;5-3+;2*5-3-;;;;/t;10-,13+;;9-,12+;;;;;;;;/m.1.1......../s1. The molecular formula is C87H115BBr3N7NaO26S. The first-order valence-corrected chi connectivity index (χ1v) is 41.5. The number of hydrogen-bond donors (Lipinski definition) is 9. The van der Waals surface area contributed by atoms with E-state index in [9.17, 15) is 78.0 Å². The molecule has 4 aliphatic heterocycles. The minimum atomic E-state index is -1.53. The number of alkyl carbamates (subject to hydrolysis) is 1. The van der Waals surface area contributed by atoms with Gasteiger partial charge in [0.05, 0.1) is 85.1 Å². The van der Waals surface area contributed by atoms with E-state index in [0.29, 0.717) is 74.4 Å². The first-order chi connectivity index (χ1) is 58.2. The van der Waals surface area contributed by atoms with Gasteiger partial charge >= 0.3 is 108 Å². The normalized spacial score (nSPS) is 16.5. The number of esters is 7. The molecule has 3 saturated heterocycles. The van der Waals surface area contributed by atoms with Crippen LogP contribution >= 0.6 is 60.6 Å². The summed E-state index contributed by atoms with van der Waals surface area (Å²) in [6.07, 6.45) is 6.45. The van der Waals surface area contributed by atoms with Crippen molar-refractivity contribution in [3.63, 3.8) is 0 Å². The van der Waals surface area contributed by atoms with E-state index in [4.69, 9.17) is 15.6 Å². The van der Waals surface area contributed by atoms with Gasteiger partial charge in [-0.15, -0.1) is 0 Å². The fourth-order valence-electron chi connectivity index (χ4n) is 10.3. The van der Waals surface area contributed by atoms with Gasteiger partial charge in [0.2, 0.25) is 0 Å². The third-order valence-corrected chi connectivity index (χ3v) is 19.2. The van der Waals surface area contributed by atoms with Crippen LogP contribution in [0, 0.1) is 0 Å². The van der Waals surface area contributed by atoms with Gasteiger partial charge in [0, 0.05) is 82.2 Å². The number of hydrogen-bond acceptors (Lipinski definition) is 29. The molecule has 126 heavy (non-hydrogen) atoms. The molecule has 5 aromatic carbocycles. The molecule has 4 atom stereocenters. The predicted octanol–water partition coefficient (Wildman–Crippen LogP) is 8.41. The van der Waals surface area contributed by atoms with Crippen molar-refractivity contribution >= 4 is 163 Å². The summed E-state index contributed by atoms with van der Waals surface area (Å²) in [4.78, 5) is 137. The quantitative estimate of drug-likeness (QED) is 0.00802. The molecule has 0 aromatic heterocycles. The number of ether oxygens (including phenoxy) is 8. The molecule has 10 N–H and O–H groups in total. The molecular weight excluding hydrogens is 1860 g/mol. The summed E-state index contributed by atoms with van der Waals surface area (Å²) in [6, 6.07) is 34.1. The number of carbonyl (C=O) groups is 12. The smallest absolute Gasteiger partial charge is 0.870 e. The Balaban J connectivity index is -0.00000137. The van der Waals surface area contributed by atoms with Gasteiger partial charge in [0.1, 0.15) is 16.8 Å². The number of nitrogen functional groups attached to an aromatic ring is 1. The van der Waals surface area contributed by atoms with Gasteiger partial charge < -0.3 is 100.0 Å². The van der Waals surface area contributed by atoms with Gasteiger partial charge in [-0.3, -0.25) is 14.4 Å². The number of nitrogens with zero attached hydrogens (tertiary/aromatic N) is 4. The number of halogens is 3. The Morgan fingerprint density at radius 1 is 0.571 bits per heavy atom. The summed E-state index contributed by atoms with van der Waals surface area (Å²) in [5, 5.41) is 56.1. The number of aromatic carboxylic acids is 1. The molecule has 4 aliphatic rings. The molecule has 39 heteroatoms. The minimum Gasteiger partial charge on any atom is -0.870 e. The molecule has 3 fully saturated rings. The number of rotatable bonds is 17. The number of thiol groups is 1. The van der Waals surface area contributed by atoms with Crippen molar-refractivity contribution in [3.8, 4) is 0 Å². The van der Waals surface area contributed by atoms with Crippen molar-refractivity contribution in [2.24, 2.45) is 4.30 Å². The van der Waals surface area contributed by atoms with Crippen molar-refractivity contribution < 1.29 is 156 Å². The average Bonchev–Trinajstić information content (AvgIpc) is 1.64. The molecule has 0 saturated carbocycles. The number of carboxylic acid groups (broad SMARTS) is 1. The second-order valence-electron chi connectivity index (χ2n) is 28.8. The Hall–Kier alpha value is -9.55. The summed E-state index contributed by atoms with van der Waals surface area (Å²) in [7, 11) is 13.7. The third-order valence-electron chi connectivity index (χ3n) is 16.6. The van der Waals surface area contributed by atoms with Crippen LogP contribution in [0.5, 0.6) is 0 Å². The van der Waals surface area contributed by atoms with Crippen LogP contribution in [-0.4, -0.2) is 238 Å². The van der Waals surface area contributed by atoms with E-state index in [0.717, 1.165) is 46.5 Å². The van der Waals surface area contributed by atoms with Crippen molar-refractivity contribution in [2.75, 3.05) is 119 Å². The van der Waals surface area contributed by atoms with Gasteiger partial charge in [-0.05, 0) is 198 Å². The Bertz CT molecular complexity index is 4470. The van der Waals surface area contributed by atoms with E-state index in [2.05, 4.69) is 135 Å². The summed E-state index contributed by atoms with van der Waals surface area (Å²) in [5.74, 6) is -4.21. The molecule has 0 unspecified atom stereocenters. The number of nitrogens with two attached hydrogens (primary N) is 1. The van der Waals surface area contributed by atoms with Crippen molar-refractivity contribution in [1.82, 2.24) is 10.6 Å². The van der Waals surface area contributed by atoms with Crippen LogP contribution in [-0.2, 0) is 78.0 Å². The van der Waals surface area contributed by atoms with Crippen LogP contribution in [0.25, 0.3) is 0 Å². The molecule has 1 radical (unpaired) electrons. The van der Waals surface area contributed by atoms with Crippen LogP contribution < -0.4 is 60.6 Å². The number of methoxy groups -OCH3 is 7. The Morgan fingerprint density at radius 2 is 0.921 bits per heavy atom. The zero-order valence-electron chi connectivity index (χ0n) is 74.3. The zero-order chi connectivity index (χ0) is 94.8. The minimum absolute atomic E-state index is 0. The number of amides is 4. The van der Waals surface area contributed by atoms with Gasteiger partial charge in [0.25, 0.3) is 17.7 Å². The molecule has 0 bridgehead atoms. The van der Waals surface area contributed by atoms with Gasteiger partial charge in [-0.1, -0.05) is 119 Å². The second kappa shape index (κ2) is 63.4. The number of carboxylic acids is 1. The third kappa shape index (κ3) is 47.3. The number of aliphatic hydroxyl groups excluding tert-OH is 2. The monoisotopic (exact) mass is 1980 g/mol. The maximum absolute atomic E-state index is 11.9. The molecule has 0 spiro atoms. The molecule has 4 heterocycles. The van der Waals surface area contributed by atoms with Gasteiger partial charge in [-0.2, -0.15) is 0 Å². The Labute approximate surface area is 789 Å². The maximum atomic E-state index is 11.9. The first-order valence-electron chi connectivity index (χ1n) is 37.7. The fourth-order valence-corrected chi connectivity index (χ4v) is 10.8. The topological polar surface area (TPSA) is 482 Å². The van der Waals surface area contributed by atoms with E-state index >= 15 is 0 Å². The SMILES string of the molecule is CC(C)(C)OC(=O)NCc1cccc(C2CCNCC2)c1.COC(=O)/C=C(/C)CBr.COC(=O)/C=C(/C)CBr.COC(=O)/C=C(\C)CBr.COC(=O)C=C(C)C.COC(=O)c1cccc(N)c1.COC(=O)c1cccc(N2CC(C)=CC2=O)c1.COC(=O)c1cccc(N2C[C@](C)(O)[C@H](O)C2=O)c1.C[C@]1(O)CN(c2cccc(C(=O)O)c2)C(=O)[C@H]1O.[B]=NS.[Na+].[OH-]. The van der Waals surface area contributed by atoms with E-state index in [1.54, 1.807) is 83.8 Å². The number of allylic oxidation sites excluding steroid dienone is 4. The fraction of sp³-hybridized carbons (Fsp3) is 0.402. The largest absolute Gasteiger partial charge is 1.00 e. The number of carbonyl (C=O) groups excluding carboxylic acids is 11. The number of anilines is 4. The number of nitrogens with one attached hydrogen (secondary N) is 2. The summed E-state index contributed by atoms with van der Waals surface area (Å²) < 4.78 is 39.2. The molecule has 0 aliphatic carbocycles. The second-order valence-corrected chi connectivity index (χ2v) is 30.7. The van der Waals surface area contributed by atoms with Gasteiger partial charge in [0.15, 0.2) is 12.2 Å². The number of aliphatic hydroxyl groups is 4. The Morgan fingerprint density at radius 3 is 1.23 bits per heavy atom. The predicted molar refractivity (Wildman–Crippen MR) is 489 cm³/mol. The summed E-state index contributed by atoms with van der Waals surface area (Å²) >= 11 is 12.8. The summed E-state index contributed by atoms with van der Waals surface area (Å²) in [6.45, 7) is 22.6.